The monoisotopic (exact) mass is 313 g/mol. The van der Waals surface area contributed by atoms with E-state index in [9.17, 15) is 4.79 Å². The molecule has 122 valence electrons. The van der Waals surface area contributed by atoms with Gasteiger partial charge in [-0.1, -0.05) is 49.8 Å². The quantitative estimate of drug-likeness (QED) is 0.577. The molecule has 1 amide bonds. The summed E-state index contributed by atoms with van der Waals surface area (Å²) >= 11 is 0. The lowest BCUT2D eigenvalue weighted by Crippen LogP contribution is -2.23. The van der Waals surface area contributed by atoms with Crippen molar-refractivity contribution in [1.82, 2.24) is 10.8 Å². The van der Waals surface area contributed by atoms with Crippen molar-refractivity contribution in [2.24, 2.45) is 4.99 Å². The molecule has 0 aliphatic carbocycles. The first-order chi connectivity index (χ1) is 11.2. The topological polar surface area (TPSA) is 73.7 Å². The second-order valence-electron chi connectivity index (χ2n) is 5.44. The lowest BCUT2D eigenvalue weighted by molar-refractivity contribution is -0.125. The van der Waals surface area contributed by atoms with Gasteiger partial charge in [-0.15, -0.1) is 0 Å². The summed E-state index contributed by atoms with van der Waals surface area (Å²) in [6.45, 7) is 4.14. The number of carbonyl (C=O) groups excluding carboxylic acids is 1. The minimum absolute atomic E-state index is 0.0645. The highest BCUT2D eigenvalue weighted by molar-refractivity contribution is 5.99. The number of hydrogen-bond acceptors (Lipinski definition) is 3. The third-order valence-electron chi connectivity index (χ3n) is 3.87. The number of hydroxylamine groups is 1. The van der Waals surface area contributed by atoms with Crippen LogP contribution >= 0.6 is 0 Å². The van der Waals surface area contributed by atoms with E-state index < -0.39 is 5.91 Å². The number of carbonyl (C=O) groups is 1. The number of allylic oxidation sites excluding steroid dienone is 1. The first kappa shape index (κ1) is 17.0. The van der Waals surface area contributed by atoms with Crippen molar-refractivity contribution in [2.45, 2.75) is 39.2 Å². The molecule has 1 aromatic rings. The van der Waals surface area contributed by atoms with Gasteiger partial charge in [-0.05, 0) is 24.5 Å². The van der Waals surface area contributed by atoms with Gasteiger partial charge >= 0.3 is 0 Å². The predicted molar refractivity (Wildman–Crippen MR) is 91.0 cm³/mol. The van der Waals surface area contributed by atoms with E-state index in [1.54, 1.807) is 11.7 Å². The molecule has 0 spiro atoms. The molecule has 0 saturated heterocycles. The summed E-state index contributed by atoms with van der Waals surface area (Å²) in [5, 5.41) is 11.9. The molecule has 2 rings (SSSR count). The number of aliphatic imine (C=N–C) groups is 1. The molecule has 3 N–H and O–H groups in total. The molecule has 0 aromatic heterocycles. The molecule has 0 saturated carbocycles. The number of amides is 1. The first-order valence-corrected chi connectivity index (χ1v) is 7.90. The average Bonchev–Trinajstić information content (AvgIpc) is 2.82. The second-order valence-corrected chi connectivity index (χ2v) is 5.44. The first-order valence-electron chi connectivity index (χ1n) is 7.90. The minimum atomic E-state index is -0.492. The number of hydrogen-bond donors (Lipinski definition) is 3. The van der Waals surface area contributed by atoms with Crippen LogP contribution in [0.5, 0.6) is 0 Å². The highest BCUT2D eigenvalue weighted by atomic mass is 16.5. The fraction of sp³-hybridized carbons (Fsp3) is 0.333. The Bertz CT molecular complexity index is 633. The zero-order valence-electron chi connectivity index (χ0n) is 13.5. The summed E-state index contributed by atoms with van der Waals surface area (Å²) in [6.07, 6.45) is 5.80. The van der Waals surface area contributed by atoms with Crippen LogP contribution in [-0.4, -0.2) is 17.0 Å². The highest BCUT2D eigenvalue weighted by Gasteiger charge is 2.15. The van der Waals surface area contributed by atoms with Crippen LogP contribution in [0.4, 0.5) is 0 Å². The molecule has 1 atom stereocenters. The van der Waals surface area contributed by atoms with Gasteiger partial charge in [0.1, 0.15) is 5.84 Å². The minimum Gasteiger partial charge on any atom is -0.346 e. The smallest absolute Gasteiger partial charge is 0.272 e. The fourth-order valence-corrected chi connectivity index (χ4v) is 2.51. The van der Waals surface area contributed by atoms with Gasteiger partial charge in [0.05, 0.1) is 6.04 Å². The van der Waals surface area contributed by atoms with Crippen LogP contribution in [0.25, 0.3) is 0 Å². The van der Waals surface area contributed by atoms with Crippen LogP contribution in [0.15, 0.2) is 58.7 Å². The summed E-state index contributed by atoms with van der Waals surface area (Å²) < 4.78 is 0. The lowest BCUT2D eigenvalue weighted by atomic mass is 10.0. The summed E-state index contributed by atoms with van der Waals surface area (Å²) in [4.78, 5) is 16.4. The summed E-state index contributed by atoms with van der Waals surface area (Å²) in [5.41, 5.74) is 4.42. The van der Waals surface area contributed by atoms with Crippen molar-refractivity contribution in [3.63, 3.8) is 0 Å². The maximum atomic E-state index is 11.7. The van der Waals surface area contributed by atoms with E-state index in [0.29, 0.717) is 12.0 Å². The van der Waals surface area contributed by atoms with Crippen molar-refractivity contribution < 1.29 is 10.0 Å². The van der Waals surface area contributed by atoms with Crippen molar-refractivity contribution in [2.75, 3.05) is 0 Å². The van der Waals surface area contributed by atoms with Crippen molar-refractivity contribution in [3.05, 3.63) is 59.3 Å². The summed E-state index contributed by atoms with van der Waals surface area (Å²) in [6, 6.07) is 10.2. The lowest BCUT2D eigenvalue weighted by Gasteiger charge is -2.12. The molecular weight excluding hydrogens is 290 g/mol. The number of nitrogens with one attached hydrogen (secondary N) is 2. The number of benzene rings is 1. The Morgan fingerprint density at radius 2 is 2.09 bits per heavy atom. The zero-order valence-corrected chi connectivity index (χ0v) is 13.5. The SMILES string of the molecule is CCC1=CC(=NC(CC)c2ccccc2)NC=C(C(=O)NO)C1. The van der Waals surface area contributed by atoms with E-state index in [0.717, 1.165) is 29.8 Å². The third kappa shape index (κ3) is 4.53. The number of rotatable bonds is 5. The van der Waals surface area contributed by atoms with Gasteiger partial charge in [0.25, 0.3) is 5.91 Å². The van der Waals surface area contributed by atoms with Gasteiger partial charge < -0.3 is 5.32 Å². The Hall–Kier alpha value is -2.40. The van der Waals surface area contributed by atoms with Crippen LogP contribution in [0.1, 0.15) is 44.7 Å². The van der Waals surface area contributed by atoms with Gasteiger partial charge in [-0.25, -0.2) is 5.48 Å². The van der Waals surface area contributed by atoms with E-state index in [1.807, 2.05) is 31.2 Å². The van der Waals surface area contributed by atoms with Crippen LogP contribution < -0.4 is 10.8 Å². The molecule has 1 aliphatic heterocycles. The van der Waals surface area contributed by atoms with E-state index >= 15 is 0 Å². The number of amidine groups is 1. The molecule has 1 aliphatic rings. The Kier molecular flexibility index (Phi) is 6.11. The predicted octanol–water partition coefficient (Wildman–Crippen LogP) is 3.26. The van der Waals surface area contributed by atoms with Crippen molar-refractivity contribution >= 4 is 11.7 Å². The van der Waals surface area contributed by atoms with Crippen LogP contribution in [0.2, 0.25) is 0 Å². The fourth-order valence-electron chi connectivity index (χ4n) is 2.51. The van der Waals surface area contributed by atoms with Crippen LogP contribution in [-0.2, 0) is 4.79 Å². The Balaban J connectivity index is 2.29. The summed E-state index contributed by atoms with van der Waals surface area (Å²) in [5.74, 6) is 0.242. The molecule has 5 heteroatoms. The van der Waals surface area contributed by atoms with E-state index in [2.05, 4.69) is 24.4 Å². The maximum absolute atomic E-state index is 11.7. The Morgan fingerprint density at radius 3 is 2.70 bits per heavy atom. The normalized spacial score (nSPS) is 17.6. The molecule has 1 unspecified atom stereocenters. The summed E-state index contributed by atoms with van der Waals surface area (Å²) in [7, 11) is 0. The zero-order chi connectivity index (χ0) is 16.7. The van der Waals surface area contributed by atoms with E-state index in [-0.39, 0.29) is 6.04 Å². The molecule has 0 radical (unpaired) electrons. The molecular formula is C18H23N3O2. The maximum Gasteiger partial charge on any atom is 0.272 e. The molecule has 23 heavy (non-hydrogen) atoms. The van der Waals surface area contributed by atoms with Crippen molar-refractivity contribution in [3.8, 4) is 0 Å². The third-order valence-corrected chi connectivity index (χ3v) is 3.87. The van der Waals surface area contributed by atoms with Gasteiger partial charge in [0, 0.05) is 18.2 Å². The van der Waals surface area contributed by atoms with Gasteiger partial charge in [-0.3, -0.25) is 15.0 Å². The average molecular weight is 313 g/mol. The molecule has 1 aromatic carbocycles. The largest absolute Gasteiger partial charge is 0.346 e. The number of nitrogens with zero attached hydrogens (tertiary/aromatic N) is 1. The molecule has 1 heterocycles. The molecule has 0 fully saturated rings. The van der Waals surface area contributed by atoms with Gasteiger partial charge in [0.2, 0.25) is 0 Å². The van der Waals surface area contributed by atoms with Gasteiger partial charge in [0.15, 0.2) is 0 Å². The second kappa shape index (κ2) is 8.29. The standard InChI is InChI=1S/C18H23N3O2/c1-3-13-10-15(18(22)21-23)12-19-17(11-13)20-16(4-2)14-8-6-5-7-9-14/h5-9,11-12,16,23H,3-4,10H2,1-2H3,(H,19,20)(H,21,22). The molecule has 5 nitrogen and oxygen atoms in total. The van der Waals surface area contributed by atoms with Gasteiger partial charge in [-0.2, -0.15) is 0 Å². The highest BCUT2D eigenvalue weighted by Crippen LogP contribution is 2.22. The Morgan fingerprint density at radius 1 is 1.35 bits per heavy atom. The van der Waals surface area contributed by atoms with Crippen LogP contribution in [0, 0.1) is 0 Å². The molecule has 0 bridgehead atoms. The van der Waals surface area contributed by atoms with E-state index in [4.69, 9.17) is 10.2 Å². The van der Waals surface area contributed by atoms with Crippen LogP contribution in [0.3, 0.4) is 0 Å². The Labute approximate surface area is 136 Å². The van der Waals surface area contributed by atoms with E-state index in [1.165, 1.54) is 0 Å². The van der Waals surface area contributed by atoms with Crippen molar-refractivity contribution in [1.29, 1.82) is 0 Å².